The van der Waals surface area contributed by atoms with Crippen molar-refractivity contribution in [3.8, 4) is 6.07 Å². The fourth-order valence-electron chi connectivity index (χ4n) is 2.84. The number of rotatable bonds is 4. The summed E-state index contributed by atoms with van der Waals surface area (Å²) in [5.41, 5.74) is 0.0468. The summed E-state index contributed by atoms with van der Waals surface area (Å²) in [6, 6.07) is 14.5. The van der Waals surface area contributed by atoms with E-state index in [-0.39, 0.29) is 10.6 Å². The van der Waals surface area contributed by atoms with Crippen LogP contribution < -0.4 is 10.6 Å². The van der Waals surface area contributed by atoms with Crippen molar-refractivity contribution in [2.45, 2.75) is 12.5 Å². The number of nitrogens with one attached hydrogen (secondary N) is 2. The van der Waals surface area contributed by atoms with Gasteiger partial charge in [0.15, 0.2) is 0 Å². The zero-order valence-electron chi connectivity index (χ0n) is 14.3. The number of halogens is 1. The molecular formula is C19H15ClN4O3. The molecule has 136 valence electrons. The van der Waals surface area contributed by atoms with Crippen LogP contribution in [0.5, 0.6) is 0 Å². The first-order chi connectivity index (χ1) is 12.8. The van der Waals surface area contributed by atoms with E-state index >= 15 is 0 Å². The van der Waals surface area contributed by atoms with E-state index in [1.807, 2.05) is 12.1 Å². The molecule has 0 aromatic heterocycles. The number of amides is 4. The molecule has 27 heavy (non-hydrogen) atoms. The van der Waals surface area contributed by atoms with Gasteiger partial charge in [-0.3, -0.25) is 14.5 Å². The quantitative estimate of drug-likeness (QED) is 0.793. The third-order valence-electron chi connectivity index (χ3n) is 4.30. The van der Waals surface area contributed by atoms with Crippen molar-refractivity contribution >= 4 is 35.1 Å². The van der Waals surface area contributed by atoms with Crippen LogP contribution in [0.2, 0.25) is 5.02 Å². The highest BCUT2D eigenvalue weighted by Crippen LogP contribution is 2.28. The number of urea groups is 1. The first-order valence-corrected chi connectivity index (χ1v) is 8.42. The van der Waals surface area contributed by atoms with E-state index in [1.54, 1.807) is 31.2 Å². The Morgan fingerprint density at radius 3 is 2.59 bits per heavy atom. The number of carbonyl (C=O) groups excluding carboxylic acids is 3. The van der Waals surface area contributed by atoms with E-state index in [1.165, 1.54) is 18.2 Å². The predicted octanol–water partition coefficient (Wildman–Crippen LogP) is 2.62. The summed E-state index contributed by atoms with van der Waals surface area (Å²) in [7, 11) is 0. The van der Waals surface area contributed by atoms with E-state index in [4.69, 9.17) is 16.9 Å². The smallest absolute Gasteiger partial charge is 0.324 e. The first kappa shape index (κ1) is 18.4. The Morgan fingerprint density at radius 1 is 1.26 bits per heavy atom. The molecule has 2 aromatic carbocycles. The van der Waals surface area contributed by atoms with Crippen molar-refractivity contribution in [3.05, 3.63) is 64.7 Å². The zero-order chi connectivity index (χ0) is 19.6. The number of imide groups is 1. The summed E-state index contributed by atoms with van der Waals surface area (Å²) >= 11 is 5.93. The molecule has 3 rings (SSSR count). The van der Waals surface area contributed by atoms with Crippen LogP contribution in [0.3, 0.4) is 0 Å². The molecule has 7 nitrogen and oxygen atoms in total. The minimum atomic E-state index is -1.23. The second-order valence-corrected chi connectivity index (χ2v) is 6.57. The summed E-state index contributed by atoms with van der Waals surface area (Å²) < 4.78 is 0. The molecule has 0 aliphatic carbocycles. The predicted molar refractivity (Wildman–Crippen MR) is 98.8 cm³/mol. The van der Waals surface area contributed by atoms with E-state index in [2.05, 4.69) is 10.6 Å². The molecule has 0 radical (unpaired) electrons. The minimum absolute atomic E-state index is 0.196. The molecule has 2 N–H and O–H groups in total. The first-order valence-electron chi connectivity index (χ1n) is 8.04. The fourth-order valence-corrected chi connectivity index (χ4v) is 3.06. The Labute approximate surface area is 160 Å². The van der Waals surface area contributed by atoms with Gasteiger partial charge in [0, 0.05) is 5.69 Å². The molecule has 2 aromatic rings. The lowest BCUT2D eigenvalue weighted by Crippen LogP contribution is -2.42. The van der Waals surface area contributed by atoms with Crippen molar-refractivity contribution in [2.75, 3.05) is 11.9 Å². The second kappa shape index (κ2) is 7.09. The number of benzene rings is 2. The maximum atomic E-state index is 12.8. The van der Waals surface area contributed by atoms with Gasteiger partial charge in [0.2, 0.25) is 5.91 Å². The van der Waals surface area contributed by atoms with Crippen molar-refractivity contribution in [1.29, 1.82) is 5.26 Å². The highest BCUT2D eigenvalue weighted by molar-refractivity contribution is 6.32. The number of hydrogen-bond donors (Lipinski definition) is 2. The van der Waals surface area contributed by atoms with Crippen LogP contribution >= 0.6 is 11.6 Å². The summed E-state index contributed by atoms with van der Waals surface area (Å²) in [6.07, 6.45) is 0. The lowest BCUT2D eigenvalue weighted by atomic mass is 9.92. The van der Waals surface area contributed by atoms with E-state index in [0.717, 1.165) is 4.90 Å². The molecule has 4 amide bonds. The molecular weight excluding hydrogens is 368 g/mol. The maximum absolute atomic E-state index is 12.8. The van der Waals surface area contributed by atoms with Crippen LogP contribution in [0.25, 0.3) is 0 Å². The SMILES string of the molecule is C[C@]1(c2ccccc2)NC(=O)N(CC(=O)Nc2ccc(C#N)c(Cl)c2)C1=O. The van der Waals surface area contributed by atoms with Gasteiger partial charge in [0.05, 0.1) is 10.6 Å². The monoisotopic (exact) mass is 382 g/mol. The molecule has 8 heteroatoms. The summed E-state index contributed by atoms with van der Waals surface area (Å²) in [6.45, 7) is 1.16. The van der Waals surface area contributed by atoms with E-state index in [0.29, 0.717) is 11.3 Å². The standard InChI is InChI=1S/C19H15ClN4O3/c1-19(13-5-3-2-4-6-13)17(26)24(18(27)23-19)11-16(25)22-14-8-7-12(10-21)15(20)9-14/h2-9H,11H2,1H3,(H,22,25)(H,23,27)/t19-/m1/s1. The lowest BCUT2D eigenvalue weighted by Gasteiger charge is -2.22. The lowest BCUT2D eigenvalue weighted by molar-refractivity contribution is -0.133. The average Bonchev–Trinajstić information content (AvgIpc) is 2.87. The molecule has 1 atom stereocenters. The van der Waals surface area contributed by atoms with Gasteiger partial charge in [0.1, 0.15) is 18.2 Å². The van der Waals surface area contributed by atoms with Gasteiger partial charge < -0.3 is 10.6 Å². The van der Waals surface area contributed by atoms with Crippen LogP contribution in [-0.4, -0.2) is 29.3 Å². The molecule has 0 saturated carbocycles. The normalized spacial score (nSPS) is 18.8. The highest BCUT2D eigenvalue weighted by atomic mass is 35.5. The fraction of sp³-hybridized carbons (Fsp3) is 0.158. The minimum Gasteiger partial charge on any atom is -0.324 e. The molecule has 0 unspecified atom stereocenters. The van der Waals surface area contributed by atoms with Gasteiger partial charge in [-0.1, -0.05) is 41.9 Å². The molecule has 1 aliphatic heterocycles. The number of hydrogen-bond acceptors (Lipinski definition) is 4. The van der Waals surface area contributed by atoms with Gasteiger partial charge in [0.25, 0.3) is 5.91 Å². The summed E-state index contributed by atoms with van der Waals surface area (Å²) in [4.78, 5) is 38.2. The van der Waals surface area contributed by atoms with E-state index in [9.17, 15) is 14.4 Å². The molecule has 1 heterocycles. The number of nitrogens with zero attached hydrogens (tertiary/aromatic N) is 2. The molecule has 1 fully saturated rings. The van der Waals surface area contributed by atoms with Crippen LogP contribution in [0.15, 0.2) is 48.5 Å². The van der Waals surface area contributed by atoms with Gasteiger partial charge in [-0.15, -0.1) is 0 Å². The zero-order valence-corrected chi connectivity index (χ0v) is 15.1. The molecule has 1 saturated heterocycles. The van der Waals surface area contributed by atoms with Crippen molar-refractivity contribution in [1.82, 2.24) is 10.2 Å². The van der Waals surface area contributed by atoms with Crippen LogP contribution in [-0.2, 0) is 15.1 Å². The number of carbonyl (C=O) groups is 3. The van der Waals surface area contributed by atoms with Gasteiger partial charge in [-0.2, -0.15) is 5.26 Å². The Balaban J connectivity index is 1.73. The van der Waals surface area contributed by atoms with E-state index < -0.39 is 29.9 Å². The third kappa shape index (κ3) is 3.48. The molecule has 1 aliphatic rings. The average molecular weight is 383 g/mol. The van der Waals surface area contributed by atoms with Crippen molar-refractivity contribution in [3.63, 3.8) is 0 Å². The van der Waals surface area contributed by atoms with Crippen molar-refractivity contribution < 1.29 is 14.4 Å². The van der Waals surface area contributed by atoms with Gasteiger partial charge in [-0.25, -0.2) is 4.79 Å². The van der Waals surface area contributed by atoms with Gasteiger partial charge >= 0.3 is 6.03 Å². The highest BCUT2D eigenvalue weighted by Gasteiger charge is 2.49. The topological polar surface area (TPSA) is 102 Å². The van der Waals surface area contributed by atoms with Crippen LogP contribution in [0.1, 0.15) is 18.1 Å². The Morgan fingerprint density at radius 2 is 1.96 bits per heavy atom. The Bertz CT molecular complexity index is 971. The largest absolute Gasteiger partial charge is 0.325 e. The molecule has 0 spiro atoms. The number of nitriles is 1. The summed E-state index contributed by atoms with van der Waals surface area (Å²) in [5.74, 6) is -1.07. The third-order valence-corrected chi connectivity index (χ3v) is 4.61. The van der Waals surface area contributed by atoms with Crippen LogP contribution in [0.4, 0.5) is 10.5 Å². The second-order valence-electron chi connectivity index (χ2n) is 6.17. The maximum Gasteiger partial charge on any atom is 0.325 e. The molecule has 0 bridgehead atoms. The summed E-state index contributed by atoms with van der Waals surface area (Å²) in [5, 5.41) is 14.3. The Hall–Kier alpha value is -3.37. The number of anilines is 1. The Kier molecular flexibility index (Phi) is 4.84. The van der Waals surface area contributed by atoms with Crippen molar-refractivity contribution in [2.24, 2.45) is 0 Å². The van der Waals surface area contributed by atoms with Crippen LogP contribution in [0, 0.1) is 11.3 Å². The van der Waals surface area contributed by atoms with Gasteiger partial charge in [-0.05, 0) is 30.7 Å².